The molecule has 112 valence electrons. The van der Waals surface area contributed by atoms with Gasteiger partial charge in [-0.15, -0.1) is 22.0 Å². The number of hydrogen-bond donors (Lipinski definition) is 0. The van der Waals surface area contributed by atoms with Crippen LogP contribution in [0.5, 0.6) is 0 Å². The molecule has 0 fully saturated rings. The maximum atomic E-state index is 12.8. The summed E-state index contributed by atoms with van der Waals surface area (Å²) in [4.78, 5) is 2.60. The standard InChI is InChI=1S/C15H12BrFN4S/c16-14-4-2-1-3-13(14)15-18-20-21(19-15)9-10-22-12-7-5-11(17)6-8-12/h1-8H,9-10H2. The number of rotatable bonds is 5. The van der Waals surface area contributed by atoms with Crippen LogP contribution in [0.1, 0.15) is 0 Å². The van der Waals surface area contributed by atoms with Crippen LogP contribution in [0.15, 0.2) is 57.9 Å². The maximum Gasteiger partial charge on any atom is 0.206 e. The zero-order chi connectivity index (χ0) is 15.4. The Bertz CT molecular complexity index is 760. The lowest BCUT2D eigenvalue weighted by atomic mass is 10.2. The number of aryl methyl sites for hydroxylation is 1. The molecule has 0 unspecified atom stereocenters. The van der Waals surface area contributed by atoms with E-state index in [1.807, 2.05) is 24.3 Å². The molecule has 3 rings (SSSR count). The van der Waals surface area contributed by atoms with Gasteiger partial charge in [0.1, 0.15) is 5.82 Å². The van der Waals surface area contributed by atoms with E-state index >= 15 is 0 Å². The Hall–Kier alpha value is -1.73. The monoisotopic (exact) mass is 378 g/mol. The summed E-state index contributed by atoms with van der Waals surface area (Å²) in [6.07, 6.45) is 0. The fraction of sp³-hybridized carbons (Fsp3) is 0.133. The molecule has 0 spiro atoms. The molecule has 0 aliphatic heterocycles. The normalized spacial score (nSPS) is 10.8. The first-order valence-electron chi connectivity index (χ1n) is 6.63. The van der Waals surface area contributed by atoms with Gasteiger partial charge in [-0.3, -0.25) is 0 Å². The number of thioether (sulfide) groups is 1. The first-order valence-corrected chi connectivity index (χ1v) is 8.41. The van der Waals surface area contributed by atoms with Gasteiger partial charge in [-0.1, -0.05) is 28.1 Å². The molecule has 2 aromatic carbocycles. The highest BCUT2D eigenvalue weighted by Crippen LogP contribution is 2.24. The molecule has 7 heteroatoms. The molecular formula is C15H12BrFN4S. The second-order valence-corrected chi connectivity index (χ2v) is 6.51. The Morgan fingerprint density at radius 2 is 1.86 bits per heavy atom. The van der Waals surface area contributed by atoms with E-state index in [2.05, 4.69) is 31.3 Å². The van der Waals surface area contributed by atoms with Crippen molar-refractivity contribution in [2.24, 2.45) is 0 Å². The van der Waals surface area contributed by atoms with Crippen LogP contribution in [0.4, 0.5) is 4.39 Å². The van der Waals surface area contributed by atoms with E-state index in [1.54, 1.807) is 28.7 Å². The predicted molar refractivity (Wildman–Crippen MR) is 88.1 cm³/mol. The summed E-state index contributed by atoms with van der Waals surface area (Å²) in [6.45, 7) is 0.638. The Balaban J connectivity index is 1.60. The first kappa shape index (κ1) is 15.2. The molecule has 0 saturated heterocycles. The largest absolute Gasteiger partial charge is 0.207 e. The SMILES string of the molecule is Fc1ccc(SCCn2nnc(-c3ccccc3Br)n2)cc1. The molecule has 0 N–H and O–H groups in total. The second-order valence-electron chi connectivity index (χ2n) is 4.49. The van der Waals surface area contributed by atoms with E-state index in [0.717, 1.165) is 20.7 Å². The summed E-state index contributed by atoms with van der Waals surface area (Å²) in [7, 11) is 0. The molecular weight excluding hydrogens is 367 g/mol. The molecule has 3 aromatic rings. The van der Waals surface area contributed by atoms with Gasteiger partial charge in [0.05, 0.1) is 6.54 Å². The van der Waals surface area contributed by atoms with Crippen LogP contribution in [0, 0.1) is 5.82 Å². The van der Waals surface area contributed by atoms with Crippen molar-refractivity contribution in [3.05, 3.63) is 58.8 Å². The van der Waals surface area contributed by atoms with Gasteiger partial charge in [0.2, 0.25) is 5.82 Å². The number of benzene rings is 2. The average molecular weight is 379 g/mol. The summed E-state index contributed by atoms with van der Waals surface area (Å²) in [5, 5.41) is 12.5. The third kappa shape index (κ3) is 3.72. The van der Waals surface area contributed by atoms with Gasteiger partial charge in [0.15, 0.2) is 0 Å². The topological polar surface area (TPSA) is 43.6 Å². The first-order chi connectivity index (χ1) is 10.7. The summed E-state index contributed by atoms with van der Waals surface area (Å²) < 4.78 is 13.8. The van der Waals surface area contributed by atoms with Crippen molar-refractivity contribution >= 4 is 27.7 Å². The van der Waals surface area contributed by atoms with Crippen molar-refractivity contribution in [2.45, 2.75) is 11.4 Å². The van der Waals surface area contributed by atoms with Crippen molar-refractivity contribution < 1.29 is 4.39 Å². The Morgan fingerprint density at radius 1 is 1.09 bits per heavy atom. The van der Waals surface area contributed by atoms with Crippen LogP contribution in [-0.4, -0.2) is 26.0 Å². The van der Waals surface area contributed by atoms with E-state index in [1.165, 1.54) is 12.1 Å². The zero-order valence-electron chi connectivity index (χ0n) is 11.5. The smallest absolute Gasteiger partial charge is 0.206 e. The van der Waals surface area contributed by atoms with Gasteiger partial charge in [-0.25, -0.2) is 4.39 Å². The minimum Gasteiger partial charge on any atom is -0.207 e. The van der Waals surface area contributed by atoms with Crippen molar-refractivity contribution in [3.8, 4) is 11.4 Å². The van der Waals surface area contributed by atoms with Crippen molar-refractivity contribution in [1.82, 2.24) is 20.2 Å². The number of tetrazole rings is 1. The quantitative estimate of drug-likeness (QED) is 0.628. The Morgan fingerprint density at radius 3 is 2.64 bits per heavy atom. The molecule has 22 heavy (non-hydrogen) atoms. The van der Waals surface area contributed by atoms with Gasteiger partial charge in [-0.05, 0) is 41.6 Å². The molecule has 0 aliphatic rings. The lowest BCUT2D eigenvalue weighted by Crippen LogP contribution is -2.04. The number of aromatic nitrogens is 4. The lowest BCUT2D eigenvalue weighted by molar-refractivity contribution is 0.557. The minimum atomic E-state index is -0.222. The highest BCUT2D eigenvalue weighted by atomic mass is 79.9. The third-order valence-electron chi connectivity index (χ3n) is 2.94. The fourth-order valence-electron chi connectivity index (χ4n) is 1.86. The minimum absolute atomic E-state index is 0.222. The fourth-order valence-corrected chi connectivity index (χ4v) is 3.15. The zero-order valence-corrected chi connectivity index (χ0v) is 13.9. The third-order valence-corrected chi connectivity index (χ3v) is 4.62. The highest BCUT2D eigenvalue weighted by Gasteiger charge is 2.08. The van der Waals surface area contributed by atoms with Gasteiger partial charge >= 0.3 is 0 Å². The summed E-state index contributed by atoms with van der Waals surface area (Å²) in [5.74, 6) is 1.16. The van der Waals surface area contributed by atoms with E-state index in [0.29, 0.717) is 12.4 Å². The van der Waals surface area contributed by atoms with Crippen molar-refractivity contribution in [2.75, 3.05) is 5.75 Å². The number of halogens is 2. The predicted octanol–water partition coefficient (Wildman–Crippen LogP) is 4.03. The maximum absolute atomic E-state index is 12.8. The van der Waals surface area contributed by atoms with Crippen LogP contribution in [-0.2, 0) is 6.54 Å². The van der Waals surface area contributed by atoms with Crippen LogP contribution < -0.4 is 0 Å². The van der Waals surface area contributed by atoms with E-state index in [-0.39, 0.29) is 5.82 Å². The average Bonchev–Trinajstić information content (AvgIpc) is 2.98. The van der Waals surface area contributed by atoms with Crippen LogP contribution in [0.3, 0.4) is 0 Å². The highest BCUT2D eigenvalue weighted by molar-refractivity contribution is 9.10. The molecule has 1 aromatic heterocycles. The molecule has 0 aliphatic carbocycles. The molecule has 4 nitrogen and oxygen atoms in total. The lowest BCUT2D eigenvalue weighted by Gasteiger charge is -2.01. The van der Waals surface area contributed by atoms with Gasteiger partial charge in [-0.2, -0.15) is 4.80 Å². The van der Waals surface area contributed by atoms with Crippen LogP contribution >= 0.6 is 27.7 Å². The van der Waals surface area contributed by atoms with Gasteiger partial charge in [0, 0.05) is 20.7 Å². The van der Waals surface area contributed by atoms with E-state index < -0.39 is 0 Å². The summed E-state index contributed by atoms with van der Waals surface area (Å²) in [5.41, 5.74) is 0.917. The van der Waals surface area contributed by atoms with Crippen molar-refractivity contribution in [1.29, 1.82) is 0 Å². The molecule has 1 heterocycles. The second kappa shape index (κ2) is 7.02. The molecule has 0 amide bonds. The molecule has 0 saturated carbocycles. The van der Waals surface area contributed by atoms with Crippen molar-refractivity contribution in [3.63, 3.8) is 0 Å². The number of nitrogens with zero attached hydrogens (tertiary/aromatic N) is 4. The van der Waals surface area contributed by atoms with Gasteiger partial charge in [0.25, 0.3) is 0 Å². The van der Waals surface area contributed by atoms with Crippen LogP contribution in [0.2, 0.25) is 0 Å². The summed E-state index contributed by atoms with van der Waals surface area (Å²) >= 11 is 5.11. The molecule has 0 radical (unpaired) electrons. The van der Waals surface area contributed by atoms with E-state index in [9.17, 15) is 4.39 Å². The summed E-state index contributed by atoms with van der Waals surface area (Å²) in [6, 6.07) is 14.2. The van der Waals surface area contributed by atoms with Crippen LogP contribution in [0.25, 0.3) is 11.4 Å². The van der Waals surface area contributed by atoms with E-state index in [4.69, 9.17) is 0 Å². The Labute approximate surface area is 139 Å². The molecule has 0 bridgehead atoms. The number of hydrogen-bond acceptors (Lipinski definition) is 4. The molecule has 0 atom stereocenters. The Kier molecular flexibility index (Phi) is 4.84. The van der Waals surface area contributed by atoms with Gasteiger partial charge < -0.3 is 0 Å².